The molecule has 1 aromatic rings. The van der Waals surface area contributed by atoms with Crippen LogP contribution in [0.2, 0.25) is 0 Å². The first-order valence-electron chi connectivity index (χ1n) is 11.0. The molecule has 0 radical (unpaired) electrons. The second-order valence-corrected chi connectivity index (χ2v) is 9.37. The lowest BCUT2D eigenvalue weighted by atomic mass is 9.87. The molecule has 0 spiro atoms. The molecule has 196 valence electrons. The summed E-state index contributed by atoms with van der Waals surface area (Å²) in [5.41, 5.74) is 4.99. The summed E-state index contributed by atoms with van der Waals surface area (Å²) >= 11 is 0.944. The van der Waals surface area contributed by atoms with Crippen LogP contribution in [0.5, 0.6) is 0 Å². The third-order valence-electron chi connectivity index (χ3n) is 4.68. The van der Waals surface area contributed by atoms with E-state index in [-0.39, 0.29) is 56.0 Å². The number of carbonyl (C=O) groups excluding carboxylic acids is 5. The van der Waals surface area contributed by atoms with Crippen molar-refractivity contribution in [3.05, 3.63) is 18.2 Å². The van der Waals surface area contributed by atoms with Gasteiger partial charge in [0.05, 0.1) is 25.9 Å². The average molecular weight is 515 g/mol. The predicted molar refractivity (Wildman–Crippen MR) is 128 cm³/mol. The van der Waals surface area contributed by atoms with E-state index in [9.17, 15) is 29.1 Å². The molecule has 13 nitrogen and oxygen atoms in total. The summed E-state index contributed by atoms with van der Waals surface area (Å²) in [6, 6.07) is 0. The zero-order valence-electron chi connectivity index (χ0n) is 19.9. The van der Waals surface area contributed by atoms with E-state index in [1.165, 1.54) is 0 Å². The van der Waals surface area contributed by atoms with Gasteiger partial charge in [-0.25, -0.2) is 4.98 Å². The van der Waals surface area contributed by atoms with Crippen LogP contribution in [0.3, 0.4) is 0 Å². The molecule has 1 rings (SSSR count). The number of aromatic amines is 1. The molecular formula is C21H34N6O7S. The molecule has 35 heavy (non-hydrogen) atoms. The van der Waals surface area contributed by atoms with E-state index < -0.39 is 23.4 Å². The number of nitrogens with zero attached hydrogens (tertiary/aromatic N) is 1. The Labute approximate surface area is 207 Å². The summed E-state index contributed by atoms with van der Waals surface area (Å²) in [4.78, 5) is 65.5. The lowest BCUT2D eigenvalue weighted by molar-refractivity contribution is -0.152. The predicted octanol–water partition coefficient (Wildman–Crippen LogP) is -1.77. The molecule has 0 aliphatic carbocycles. The number of imidazole rings is 1. The third-order valence-corrected chi connectivity index (χ3v) is 5.55. The van der Waals surface area contributed by atoms with Crippen molar-refractivity contribution in [2.45, 2.75) is 39.2 Å². The number of carbonyl (C=O) groups is 5. The summed E-state index contributed by atoms with van der Waals surface area (Å²) in [5, 5.41) is 17.6. The summed E-state index contributed by atoms with van der Waals surface area (Å²) < 4.78 is 4.87. The van der Waals surface area contributed by atoms with Crippen LogP contribution in [-0.2, 0) is 35.1 Å². The van der Waals surface area contributed by atoms with Crippen molar-refractivity contribution >= 4 is 40.6 Å². The van der Waals surface area contributed by atoms with Gasteiger partial charge in [0.1, 0.15) is 6.10 Å². The molecule has 7 N–H and O–H groups in total. The standard InChI is InChI=1S/C21H34N6O7S/c1-21(2,12-34-17(30)10-22)19(32)20(33)26-6-4-15(28)25-7-8-35-18(31)9-16(29)24-5-3-14-11-23-13-27-14/h11,13,19,32H,3-10,12,22H2,1-2H3,(H,23,27)(H,24,29)(H,25,28)(H,26,33)/t19-/m0/s1. The number of nitrogens with two attached hydrogens (primary N) is 1. The summed E-state index contributed by atoms with van der Waals surface area (Å²) in [5.74, 6) is -1.76. The number of esters is 1. The van der Waals surface area contributed by atoms with Crippen molar-refractivity contribution in [1.29, 1.82) is 0 Å². The van der Waals surface area contributed by atoms with E-state index in [0.717, 1.165) is 17.5 Å². The van der Waals surface area contributed by atoms with Crippen LogP contribution < -0.4 is 21.7 Å². The highest BCUT2D eigenvalue weighted by Crippen LogP contribution is 2.21. The maximum Gasteiger partial charge on any atom is 0.319 e. The summed E-state index contributed by atoms with van der Waals surface area (Å²) in [6.45, 7) is 3.21. The normalized spacial score (nSPS) is 11.9. The Morgan fingerprint density at radius 1 is 1.14 bits per heavy atom. The number of aliphatic hydroxyl groups excluding tert-OH is 1. The number of hydrogen-bond donors (Lipinski definition) is 6. The Bertz CT molecular complexity index is 847. The molecule has 1 aromatic heterocycles. The third kappa shape index (κ3) is 12.9. The number of ether oxygens (including phenoxy) is 1. The van der Waals surface area contributed by atoms with Gasteiger partial charge in [-0.05, 0) is 0 Å². The fourth-order valence-corrected chi connectivity index (χ4v) is 3.27. The van der Waals surface area contributed by atoms with E-state index in [4.69, 9.17) is 10.5 Å². The van der Waals surface area contributed by atoms with Gasteiger partial charge in [0.25, 0.3) is 0 Å². The summed E-state index contributed by atoms with van der Waals surface area (Å²) in [7, 11) is 0. The highest BCUT2D eigenvalue weighted by molar-refractivity contribution is 8.13. The molecular weight excluding hydrogens is 480 g/mol. The maximum atomic E-state index is 12.1. The van der Waals surface area contributed by atoms with Crippen LogP contribution in [0.1, 0.15) is 32.4 Å². The Morgan fingerprint density at radius 3 is 2.51 bits per heavy atom. The summed E-state index contributed by atoms with van der Waals surface area (Å²) in [6.07, 6.45) is 2.05. The minimum absolute atomic E-state index is 0.00874. The van der Waals surface area contributed by atoms with E-state index in [2.05, 4.69) is 25.9 Å². The molecule has 0 aliphatic heterocycles. The monoisotopic (exact) mass is 514 g/mol. The molecule has 3 amide bonds. The molecule has 0 bridgehead atoms. The van der Waals surface area contributed by atoms with E-state index in [1.54, 1.807) is 26.4 Å². The number of nitrogens with one attached hydrogen (secondary N) is 4. The second kappa shape index (κ2) is 15.8. The molecule has 0 aliphatic rings. The number of hydrogen-bond acceptors (Lipinski definition) is 10. The molecule has 0 saturated carbocycles. The van der Waals surface area contributed by atoms with Gasteiger partial charge in [-0.1, -0.05) is 25.6 Å². The topological polar surface area (TPSA) is 206 Å². The van der Waals surface area contributed by atoms with E-state index in [0.29, 0.717) is 18.7 Å². The van der Waals surface area contributed by atoms with Gasteiger partial charge in [0, 0.05) is 55.5 Å². The first-order valence-corrected chi connectivity index (χ1v) is 12.0. The van der Waals surface area contributed by atoms with Crippen molar-refractivity contribution in [1.82, 2.24) is 25.9 Å². The van der Waals surface area contributed by atoms with E-state index >= 15 is 0 Å². The minimum Gasteiger partial charge on any atom is -0.464 e. The average Bonchev–Trinajstić information content (AvgIpc) is 3.33. The van der Waals surface area contributed by atoms with Gasteiger partial charge in [-0.15, -0.1) is 0 Å². The Balaban J connectivity index is 2.13. The Kier molecular flexibility index (Phi) is 13.6. The Hall–Kier alpha value is -2.97. The molecule has 0 fully saturated rings. The smallest absolute Gasteiger partial charge is 0.319 e. The van der Waals surface area contributed by atoms with Gasteiger partial charge in [0.15, 0.2) is 5.12 Å². The fourth-order valence-electron chi connectivity index (χ4n) is 2.60. The zero-order chi connectivity index (χ0) is 26.3. The maximum absolute atomic E-state index is 12.1. The van der Waals surface area contributed by atoms with Crippen LogP contribution in [-0.4, -0.2) is 88.5 Å². The first kappa shape index (κ1) is 30.1. The zero-order valence-corrected chi connectivity index (χ0v) is 20.7. The van der Waals surface area contributed by atoms with Crippen LogP contribution in [0.15, 0.2) is 12.5 Å². The van der Waals surface area contributed by atoms with Gasteiger partial charge in [-0.3, -0.25) is 24.0 Å². The molecule has 14 heteroatoms. The van der Waals surface area contributed by atoms with Crippen molar-refractivity contribution in [3.63, 3.8) is 0 Å². The number of aliphatic hydroxyl groups is 1. The molecule has 1 atom stereocenters. The van der Waals surface area contributed by atoms with Crippen molar-refractivity contribution < 1.29 is 33.8 Å². The van der Waals surface area contributed by atoms with Gasteiger partial charge >= 0.3 is 5.97 Å². The van der Waals surface area contributed by atoms with Gasteiger partial charge in [0.2, 0.25) is 17.7 Å². The largest absolute Gasteiger partial charge is 0.464 e. The SMILES string of the molecule is CC(C)(COC(=O)CN)[C@@H](O)C(=O)NCCC(=O)NCCSC(=O)CC(=O)NCCc1cnc[nH]1. The molecule has 0 aromatic carbocycles. The van der Waals surface area contributed by atoms with Gasteiger partial charge in [-0.2, -0.15) is 0 Å². The number of aromatic nitrogens is 2. The number of rotatable bonds is 16. The van der Waals surface area contributed by atoms with Crippen molar-refractivity contribution in [2.24, 2.45) is 11.1 Å². The fraction of sp³-hybridized carbons (Fsp3) is 0.619. The first-order chi connectivity index (χ1) is 16.5. The lowest BCUT2D eigenvalue weighted by Crippen LogP contribution is -2.47. The Morgan fingerprint density at radius 2 is 1.86 bits per heavy atom. The van der Waals surface area contributed by atoms with Crippen LogP contribution in [0.4, 0.5) is 0 Å². The highest BCUT2D eigenvalue weighted by Gasteiger charge is 2.34. The van der Waals surface area contributed by atoms with Crippen LogP contribution >= 0.6 is 11.8 Å². The molecule has 0 saturated heterocycles. The quantitative estimate of drug-likeness (QED) is 0.0831. The second-order valence-electron chi connectivity index (χ2n) is 8.22. The van der Waals surface area contributed by atoms with Crippen molar-refractivity contribution in [3.8, 4) is 0 Å². The van der Waals surface area contributed by atoms with Gasteiger partial charge < -0.3 is 36.5 Å². The highest BCUT2D eigenvalue weighted by atomic mass is 32.2. The van der Waals surface area contributed by atoms with E-state index in [1.807, 2.05) is 0 Å². The molecule has 1 heterocycles. The van der Waals surface area contributed by atoms with Crippen LogP contribution in [0.25, 0.3) is 0 Å². The number of H-pyrrole nitrogens is 1. The minimum atomic E-state index is -1.46. The number of amides is 3. The van der Waals surface area contributed by atoms with Crippen molar-refractivity contribution in [2.75, 3.05) is 38.5 Å². The lowest BCUT2D eigenvalue weighted by Gasteiger charge is -2.28. The van der Waals surface area contributed by atoms with Crippen LogP contribution in [0, 0.1) is 5.41 Å². The molecule has 0 unspecified atom stereocenters. The number of thioether (sulfide) groups is 1.